The van der Waals surface area contributed by atoms with Crippen LogP contribution in [-0.4, -0.2) is 33.3 Å². The summed E-state index contributed by atoms with van der Waals surface area (Å²) in [5.41, 5.74) is 0.850. The van der Waals surface area contributed by atoms with Gasteiger partial charge in [0, 0.05) is 12.6 Å². The van der Waals surface area contributed by atoms with E-state index in [1.165, 1.54) is 36.7 Å². The van der Waals surface area contributed by atoms with Crippen LogP contribution < -0.4 is 10.3 Å². The van der Waals surface area contributed by atoms with E-state index >= 15 is 0 Å². The maximum atomic E-state index is 13.7. The minimum atomic E-state index is -0.809. The number of aromatic nitrogens is 2. The van der Waals surface area contributed by atoms with Crippen molar-refractivity contribution in [2.45, 2.75) is 57.5 Å². The predicted molar refractivity (Wildman–Crippen MR) is 115 cm³/mol. The zero-order valence-corrected chi connectivity index (χ0v) is 17.0. The maximum absolute atomic E-state index is 13.7. The Morgan fingerprint density at radius 1 is 1.00 bits per heavy atom. The molecule has 0 amide bonds. The Morgan fingerprint density at radius 2 is 1.80 bits per heavy atom. The average molecular weight is 407 g/mol. The second-order valence-electron chi connectivity index (χ2n) is 8.20. The minimum absolute atomic E-state index is 0.107. The zero-order valence-electron chi connectivity index (χ0n) is 17.0. The molecule has 1 saturated heterocycles. The van der Waals surface area contributed by atoms with E-state index in [4.69, 9.17) is 4.74 Å². The Kier molecular flexibility index (Phi) is 5.25. The van der Waals surface area contributed by atoms with Gasteiger partial charge in [0.2, 0.25) is 0 Å². The van der Waals surface area contributed by atoms with Gasteiger partial charge in [0.25, 0.3) is 5.56 Å². The quantitative estimate of drug-likeness (QED) is 0.620. The van der Waals surface area contributed by atoms with Gasteiger partial charge in [-0.3, -0.25) is 14.3 Å². The molecule has 1 saturated carbocycles. The third-order valence-electron chi connectivity index (χ3n) is 6.36. The molecule has 3 aromatic rings. The molecular formula is C24H26FN3O2. The maximum Gasteiger partial charge on any atom is 0.266 e. The lowest BCUT2D eigenvalue weighted by Gasteiger charge is -2.44. The van der Waals surface area contributed by atoms with Gasteiger partial charge in [-0.2, -0.15) is 0 Å². The molecule has 1 unspecified atom stereocenters. The molecule has 6 heteroatoms. The monoisotopic (exact) mass is 407 g/mol. The standard InChI is InChI=1S/C24H26FN3O2/c25-16-22-26-21-9-2-1-8-20(21)24(29)28(22)18-11-13-19(14-12-18)30-23-10-3-4-15-27(23)17-6-5-7-17/h1-2,8-9,11-14,17,23H,3-7,10,15-16H2. The summed E-state index contributed by atoms with van der Waals surface area (Å²) in [6.45, 7) is 0.294. The van der Waals surface area contributed by atoms with Gasteiger partial charge in [-0.1, -0.05) is 18.6 Å². The van der Waals surface area contributed by atoms with Crippen LogP contribution in [-0.2, 0) is 6.67 Å². The molecule has 2 aromatic carbocycles. The molecule has 1 aliphatic carbocycles. The van der Waals surface area contributed by atoms with Crippen molar-refractivity contribution in [2.75, 3.05) is 6.54 Å². The van der Waals surface area contributed by atoms with Gasteiger partial charge in [-0.15, -0.1) is 0 Å². The molecule has 2 aliphatic rings. The molecule has 0 radical (unpaired) electrons. The van der Waals surface area contributed by atoms with Crippen LogP contribution in [0.3, 0.4) is 0 Å². The van der Waals surface area contributed by atoms with Crippen LogP contribution in [0.15, 0.2) is 53.3 Å². The van der Waals surface area contributed by atoms with E-state index in [1.807, 2.05) is 24.3 Å². The number of benzene rings is 2. The van der Waals surface area contributed by atoms with Crippen LogP contribution in [0.2, 0.25) is 0 Å². The number of alkyl halides is 1. The molecule has 5 nitrogen and oxygen atoms in total. The topological polar surface area (TPSA) is 47.4 Å². The lowest BCUT2D eigenvalue weighted by atomic mass is 9.89. The highest BCUT2D eigenvalue weighted by atomic mass is 19.1. The van der Waals surface area contributed by atoms with Gasteiger partial charge in [0.05, 0.1) is 16.6 Å². The molecule has 1 aliphatic heterocycles. The second-order valence-corrected chi connectivity index (χ2v) is 8.20. The van der Waals surface area contributed by atoms with E-state index in [2.05, 4.69) is 9.88 Å². The third kappa shape index (κ3) is 3.49. The van der Waals surface area contributed by atoms with Crippen molar-refractivity contribution in [1.29, 1.82) is 0 Å². The average Bonchev–Trinajstić information content (AvgIpc) is 2.74. The van der Waals surface area contributed by atoms with Crippen LogP contribution in [0.25, 0.3) is 16.6 Å². The molecule has 2 fully saturated rings. The van der Waals surface area contributed by atoms with Gasteiger partial charge < -0.3 is 4.74 Å². The SMILES string of the molecule is O=c1c2ccccc2nc(CF)n1-c1ccc(OC2CCCCN2C2CCC2)cc1. The van der Waals surface area contributed by atoms with E-state index < -0.39 is 6.67 Å². The Bertz CT molecular complexity index is 1090. The van der Waals surface area contributed by atoms with Crippen LogP contribution in [0, 0.1) is 0 Å². The van der Waals surface area contributed by atoms with E-state index in [9.17, 15) is 9.18 Å². The summed E-state index contributed by atoms with van der Waals surface area (Å²) in [4.78, 5) is 19.8. The molecule has 0 N–H and O–H groups in total. The Labute approximate surface area is 175 Å². The van der Waals surface area contributed by atoms with Crippen molar-refractivity contribution in [3.8, 4) is 11.4 Å². The molecule has 156 valence electrons. The third-order valence-corrected chi connectivity index (χ3v) is 6.36. The first-order valence-electron chi connectivity index (χ1n) is 10.8. The molecule has 1 aromatic heterocycles. The van der Waals surface area contributed by atoms with Crippen LogP contribution in [0.1, 0.15) is 44.3 Å². The summed E-state index contributed by atoms with van der Waals surface area (Å²) in [6, 6.07) is 15.0. The summed E-state index contributed by atoms with van der Waals surface area (Å²) in [5.74, 6) is 0.884. The van der Waals surface area contributed by atoms with E-state index in [1.54, 1.807) is 24.3 Å². The second kappa shape index (κ2) is 8.19. The highest BCUT2D eigenvalue weighted by Crippen LogP contribution is 2.32. The van der Waals surface area contributed by atoms with E-state index in [0.717, 1.165) is 18.7 Å². The number of nitrogens with zero attached hydrogens (tertiary/aromatic N) is 3. The van der Waals surface area contributed by atoms with Gasteiger partial charge in [0.15, 0.2) is 6.23 Å². The van der Waals surface area contributed by atoms with Gasteiger partial charge >= 0.3 is 0 Å². The van der Waals surface area contributed by atoms with Crippen molar-refractivity contribution in [3.63, 3.8) is 0 Å². The number of halogens is 1. The predicted octanol–water partition coefficient (Wildman–Crippen LogP) is 4.60. The fraction of sp³-hybridized carbons (Fsp3) is 0.417. The van der Waals surface area contributed by atoms with Crippen LogP contribution >= 0.6 is 0 Å². The first-order chi connectivity index (χ1) is 14.7. The summed E-state index contributed by atoms with van der Waals surface area (Å²) < 4.78 is 21.3. The number of likely N-dealkylation sites (tertiary alicyclic amines) is 1. The van der Waals surface area contributed by atoms with Crippen molar-refractivity contribution >= 4 is 10.9 Å². The first-order valence-corrected chi connectivity index (χ1v) is 10.8. The highest BCUT2D eigenvalue weighted by molar-refractivity contribution is 5.77. The van der Waals surface area contributed by atoms with Gasteiger partial charge in [-0.25, -0.2) is 9.37 Å². The number of rotatable bonds is 5. The smallest absolute Gasteiger partial charge is 0.266 e. The van der Waals surface area contributed by atoms with E-state index in [0.29, 0.717) is 22.6 Å². The summed E-state index contributed by atoms with van der Waals surface area (Å²) in [7, 11) is 0. The largest absolute Gasteiger partial charge is 0.475 e. The number of hydrogen-bond acceptors (Lipinski definition) is 4. The molecular weight excluding hydrogens is 381 g/mol. The normalized spacial score (nSPS) is 20.2. The minimum Gasteiger partial charge on any atom is -0.475 e. The number of fused-ring (bicyclic) bond motifs is 1. The van der Waals surface area contributed by atoms with Crippen molar-refractivity contribution in [3.05, 3.63) is 64.7 Å². The summed E-state index contributed by atoms with van der Waals surface area (Å²) in [5, 5.41) is 0.480. The van der Waals surface area contributed by atoms with Crippen LogP contribution in [0.5, 0.6) is 5.75 Å². The lowest BCUT2D eigenvalue weighted by molar-refractivity contribution is -0.0523. The molecule has 0 spiro atoms. The van der Waals surface area contributed by atoms with Crippen LogP contribution in [0.4, 0.5) is 4.39 Å². The number of para-hydroxylation sites is 1. The fourth-order valence-corrected chi connectivity index (χ4v) is 4.55. The van der Waals surface area contributed by atoms with Crippen molar-refractivity contribution < 1.29 is 9.13 Å². The fourth-order valence-electron chi connectivity index (χ4n) is 4.55. The number of hydrogen-bond donors (Lipinski definition) is 0. The molecule has 30 heavy (non-hydrogen) atoms. The Morgan fingerprint density at radius 3 is 2.53 bits per heavy atom. The van der Waals surface area contributed by atoms with Gasteiger partial charge in [0.1, 0.15) is 18.2 Å². The number of piperidine rings is 1. The van der Waals surface area contributed by atoms with Gasteiger partial charge in [-0.05, 0) is 68.5 Å². The lowest BCUT2D eigenvalue weighted by Crippen LogP contribution is -2.51. The molecule has 0 bridgehead atoms. The Balaban J connectivity index is 1.42. The first kappa shape index (κ1) is 19.2. The molecule has 2 heterocycles. The number of ether oxygens (including phenoxy) is 1. The molecule has 1 atom stereocenters. The zero-order chi connectivity index (χ0) is 20.5. The Hall–Kier alpha value is -2.73. The van der Waals surface area contributed by atoms with Crippen molar-refractivity contribution in [2.24, 2.45) is 0 Å². The van der Waals surface area contributed by atoms with E-state index in [-0.39, 0.29) is 17.6 Å². The highest BCUT2D eigenvalue weighted by Gasteiger charge is 2.33. The molecule has 5 rings (SSSR count). The summed E-state index contributed by atoms with van der Waals surface area (Å²) >= 11 is 0. The summed E-state index contributed by atoms with van der Waals surface area (Å²) in [6.07, 6.45) is 7.42. The van der Waals surface area contributed by atoms with Crippen molar-refractivity contribution in [1.82, 2.24) is 14.5 Å².